The molecule has 1 unspecified atom stereocenters. The molecule has 0 bridgehead atoms. The molecule has 5 rings (SSSR count). The van der Waals surface area contributed by atoms with E-state index >= 15 is 0 Å². The normalized spacial score (nSPS) is 19.8. The molecule has 0 saturated carbocycles. The van der Waals surface area contributed by atoms with Gasteiger partial charge in [-0.2, -0.15) is 0 Å². The number of hydrogen-bond acceptors (Lipinski definition) is 3. The minimum absolute atomic E-state index is 0.0787. The molecule has 1 fully saturated rings. The fraction of sp³-hybridized carbons (Fsp3) is 0.222. The van der Waals surface area contributed by atoms with Crippen molar-refractivity contribution in [3.8, 4) is 0 Å². The van der Waals surface area contributed by atoms with Crippen LogP contribution in [0.4, 0.5) is 5.69 Å². The van der Waals surface area contributed by atoms with Gasteiger partial charge in [-0.15, -0.1) is 0 Å². The molecule has 0 amide bonds. The molecule has 2 aliphatic carbocycles. The zero-order chi connectivity index (χ0) is 14.8. The number of fused-ring (bicyclic) bond motifs is 6. The SMILES string of the molecule is O=[N+]([O-])c1cccc2c1=C1OC1c1c3c(ccc1=2)=CCCC3. The molecule has 1 heterocycles. The maximum atomic E-state index is 11.3. The second kappa shape index (κ2) is 3.97. The number of hydrogen-bond donors (Lipinski definition) is 0. The smallest absolute Gasteiger partial charge is 0.280 e. The first-order chi connectivity index (χ1) is 10.8. The van der Waals surface area contributed by atoms with Crippen LogP contribution in [-0.2, 0) is 11.2 Å². The van der Waals surface area contributed by atoms with Gasteiger partial charge in [-0.25, -0.2) is 0 Å². The summed E-state index contributed by atoms with van der Waals surface area (Å²) in [6.07, 6.45) is 5.55. The molecule has 0 radical (unpaired) electrons. The van der Waals surface area contributed by atoms with Crippen molar-refractivity contribution in [3.05, 3.63) is 72.4 Å². The lowest BCUT2D eigenvalue weighted by atomic mass is 9.88. The van der Waals surface area contributed by atoms with E-state index in [-0.39, 0.29) is 16.7 Å². The van der Waals surface area contributed by atoms with Gasteiger partial charge in [-0.3, -0.25) is 10.1 Å². The van der Waals surface area contributed by atoms with Crippen LogP contribution >= 0.6 is 0 Å². The monoisotopic (exact) mass is 291 g/mol. The second-order valence-corrected chi connectivity index (χ2v) is 6.01. The predicted molar refractivity (Wildman–Crippen MR) is 81.1 cm³/mol. The van der Waals surface area contributed by atoms with Crippen LogP contribution in [0.25, 0.3) is 11.8 Å². The average molecular weight is 291 g/mol. The minimum Gasteiger partial charge on any atom is -0.477 e. The third-order valence-electron chi connectivity index (χ3n) is 4.85. The molecule has 3 aliphatic rings. The third-order valence-corrected chi connectivity index (χ3v) is 4.85. The average Bonchev–Trinajstić information content (AvgIpc) is 3.34. The van der Waals surface area contributed by atoms with Crippen molar-refractivity contribution in [3.63, 3.8) is 0 Å². The lowest BCUT2D eigenvalue weighted by Gasteiger charge is -2.14. The number of nitro groups is 1. The first-order valence-corrected chi connectivity index (χ1v) is 7.56. The van der Waals surface area contributed by atoms with Gasteiger partial charge in [0.2, 0.25) is 0 Å². The van der Waals surface area contributed by atoms with E-state index in [1.807, 2.05) is 6.07 Å². The summed E-state index contributed by atoms with van der Waals surface area (Å²) in [4.78, 5) is 11.0. The van der Waals surface area contributed by atoms with Crippen molar-refractivity contribution in [1.82, 2.24) is 0 Å². The van der Waals surface area contributed by atoms with Crippen molar-refractivity contribution >= 4 is 17.5 Å². The van der Waals surface area contributed by atoms with Gasteiger partial charge in [0.25, 0.3) is 5.69 Å². The molecule has 1 saturated heterocycles. The standard InChI is InChI=1S/C18H13NO3/c20-19(21)14-7-3-6-12-13-9-8-10-4-1-2-5-11(10)15(13)17-18(22-17)16(12)14/h3-4,6-9,17H,1-2,5H2. The molecular weight excluding hydrogens is 278 g/mol. The number of benzene rings is 2. The maximum Gasteiger partial charge on any atom is 0.280 e. The highest BCUT2D eigenvalue weighted by Gasteiger charge is 2.42. The first-order valence-electron chi connectivity index (χ1n) is 7.56. The fourth-order valence-corrected chi connectivity index (χ4v) is 3.87. The van der Waals surface area contributed by atoms with Crippen molar-refractivity contribution in [2.45, 2.75) is 25.4 Å². The van der Waals surface area contributed by atoms with E-state index < -0.39 is 0 Å². The van der Waals surface area contributed by atoms with Crippen LogP contribution < -0.4 is 10.4 Å². The zero-order valence-corrected chi connectivity index (χ0v) is 11.8. The topological polar surface area (TPSA) is 55.7 Å². The predicted octanol–water partition coefficient (Wildman–Crippen LogP) is 2.19. The summed E-state index contributed by atoms with van der Waals surface area (Å²) in [7, 11) is 0. The summed E-state index contributed by atoms with van der Waals surface area (Å²) in [6.45, 7) is 0. The van der Waals surface area contributed by atoms with Gasteiger partial charge in [0, 0.05) is 11.6 Å². The Morgan fingerprint density at radius 2 is 2.09 bits per heavy atom. The highest BCUT2D eigenvalue weighted by molar-refractivity contribution is 5.66. The van der Waals surface area contributed by atoms with Gasteiger partial charge in [0.15, 0.2) is 11.9 Å². The molecule has 4 heteroatoms. The molecule has 22 heavy (non-hydrogen) atoms. The lowest BCUT2D eigenvalue weighted by Crippen LogP contribution is -2.20. The summed E-state index contributed by atoms with van der Waals surface area (Å²) < 4.78 is 5.79. The van der Waals surface area contributed by atoms with Gasteiger partial charge in [0.1, 0.15) is 5.22 Å². The molecule has 1 aliphatic heterocycles. The van der Waals surface area contributed by atoms with E-state index in [4.69, 9.17) is 4.74 Å². The lowest BCUT2D eigenvalue weighted by molar-refractivity contribution is -0.386. The molecule has 1 atom stereocenters. The molecule has 2 aromatic rings. The Morgan fingerprint density at radius 1 is 1.18 bits per heavy atom. The van der Waals surface area contributed by atoms with E-state index in [9.17, 15) is 10.1 Å². The number of epoxide rings is 1. The molecule has 108 valence electrons. The number of nitrogens with zero attached hydrogens (tertiary/aromatic N) is 1. The fourth-order valence-electron chi connectivity index (χ4n) is 3.87. The van der Waals surface area contributed by atoms with Crippen molar-refractivity contribution in [1.29, 1.82) is 0 Å². The minimum atomic E-state index is -0.318. The van der Waals surface area contributed by atoms with Crippen LogP contribution in [-0.4, -0.2) is 4.92 Å². The number of nitro benzene ring substituents is 1. The Kier molecular flexibility index (Phi) is 2.16. The highest BCUT2D eigenvalue weighted by atomic mass is 16.6. The van der Waals surface area contributed by atoms with E-state index in [0.29, 0.717) is 5.22 Å². The van der Waals surface area contributed by atoms with Crippen LogP contribution in [0, 0.1) is 20.6 Å². The van der Waals surface area contributed by atoms with Gasteiger partial charge in [0.05, 0.1) is 4.92 Å². The van der Waals surface area contributed by atoms with E-state index in [1.165, 1.54) is 16.3 Å². The molecular formula is C18H13NO3. The third kappa shape index (κ3) is 1.42. The Hall–Kier alpha value is -2.62. The van der Waals surface area contributed by atoms with Crippen LogP contribution in [0.1, 0.15) is 30.1 Å². The largest absolute Gasteiger partial charge is 0.477 e. The van der Waals surface area contributed by atoms with Crippen LogP contribution in [0.2, 0.25) is 0 Å². The molecule has 0 aromatic heterocycles. The van der Waals surface area contributed by atoms with Crippen molar-refractivity contribution in [2.24, 2.45) is 0 Å². The van der Waals surface area contributed by atoms with Crippen molar-refractivity contribution < 1.29 is 9.66 Å². The summed E-state index contributed by atoms with van der Waals surface area (Å²) in [5, 5.41) is 15.3. The van der Waals surface area contributed by atoms with Crippen LogP contribution in [0.15, 0.2) is 30.3 Å². The molecule has 4 nitrogen and oxygen atoms in total. The van der Waals surface area contributed by atoms with Gasteiger partial charge in [-0.05, 0) is 40.5 Å². The summed E-state index contributed by atoms with van der Waals surface area (Å²) in [5.74, 6) is 0.772. The first kappa shape index (κ1) is 12.0. The van der Waals surface area contributed by atoms with Crippen LogP contribution in [0.3, 0.4) is 0 Å². The summed E-state index contributed by atoms with van der Waals surface area (Å²) >= 11 is 0. The molecule has 0 spiro atoms. The van der Waals surface area contributed by atoms with Crippen LogP contribution in [0.5, 0.6) is 0 Å². The number of rotatable bonds is 1. The Morgan fingerprint density at radius 3 is 2.95 bits per heavy atom. The van der Waals surface area contributed by atoms with Crippen molar-refractivity contribution in [2.75, 3.05) is 0 Å². The quantitative estimate of drug-likeness (QED) is 0.460. The molecule has 0 N–H and O–H groups in total. The molecule has 2 aromatic carbocycles. The summed E-state index contributed by atoms with van der Waals surface area (Å²) in [6, 6.07) is 9.52. The number of non-ortho nitro benzene ring substituents is 1. The maximum absolute atomic E-state index is 11.3. The van der Waals surface area contributed by atoms with E-state index in [0.717, 1.165) is 35.5 Å². The Balaban J connectivity index is 2.04. The zero-order valence-electron chi connectivity index (χ0n) is 11.8. The Labute approximate surface area is 125 Å². The number of ether oxygens (including phenoxy) is 1. The second-order valence-electron chi connectivity index (χ2n) is 6.01. The Bertz CT molecular complexity index is 1070. The van der Waals surface area contributed by atoms with Gasteiger partial charge >= 0.3 is 0 Å². The van der Waals surface area contributed by atoms with E-state index in [2.05, 4.69) is 18.2 Å². The summed E-state index contributed by atoms with van der Waals surface area (Å²) in [5.41, 5.74) is 2.74. The van der Waals surface area contributed by atoms with Gasteiger partial charge in [-0.1, -0.05) is 30.3 Å². The van der Waals surface area contributed by atoms with Gasteiger partial charge < -0.3 is 4.74 Å². The van der Waals surface area contributed by atoms with E-state index in [1.54, 1.807) is 12.1 Å². The highest BCUT2D eigenvalue weighted by Crippen LogP contribution is 2.47.